The number of rotatable bonds is 12. The van der Waals surface area contributed by atoms with E-state index in [0.717, 1.165) is 12.8 Å². The highest BCUT2D eigenvalue weighted by molar-refractivity contribution is 5.08. The molecule has 0 radical (unpaired) electrons. The Morgan fingerprint density at radius 2 is 0.929 bits per heavy atom. The molecule has 0 aromatic rings. The van der Waals surface area contributed by atoms with Gasteiger partial charge in [-0.15, -0.1) is 0 Å². The van der Waals surface area contributed by atoms with Crippen LogP contribution in [-0.2, 0) is 0 Å². The second kappa shape index (κ2) is 8.66. The van der Waals surface area contributed by atoms with E-state index in [4.69, 9.17) is 15.3 Å². The molecule has 0 aliphatic carbocycles. The fraction of sp³-hybridized carbons (Fsp3) is 1.00. The minimum Gasteiger partial charge on any atom is -0.387 e. The summed E-state index contributed by atoms with van der Waals surface area (Å²) in [6, 6.07) is 0. The van der Waals surface area contributed by atoms with Crippen LogP contribution in [0.5, 0.6) is 0 Å². The monoisotopic (exact) mass is 422 g/mol. The average Bonchev–Trinajstić information content (AvgIpc) is 2.52. The van der Waals surface area contributed by atoms with Gasteiger partial charge in [0.05, 0.1) is 0 Å². The van der Waals surface area contributed by atoms with Crippen molar-refractivity contribution in [1.82, 2.24) is 0 Å². The van der Waals surface area contributed by atoms with Gasteiger partial charge >= 0.3 is 11.8 Å². The van der Waals surface area contributed by atoms with Crippen LogP contribution >= 0.6 is 0 Å². The third kappa shape index (κ3) is 4.61. The standard InChI is InChI=1S/C14H30O14/c1-2-3-4-5-6-7-8(15)9(16,17)10(18,19)11(20,21)12(22,23)13(24,25)14(26,27)28/h8,15-28H,2-7H2,1H3. The van der Waals surface area contributed by atoms with Crippen LogP contribution in [0.25, 0.3) is 0 Å². The molecule has 0 aliphatic rings. The van der Waals surface area contributed by atoms with Crippen LogP contribution in [-0.4, -0.2) is 113 Å². The zero-order valence-electron chi connectivity index (χ0n) is 15.1. The molecule has 14 N–H and O–H groups in total. The molecule has 0 spiro atoms. The Balaban J connectivity index is 5.73. The van der Waals surface area contributed by atoms with E-state index in [1.54, 1.807) is 0 Å². The third-order valence-corrected chi connectivity index (χ3v) is 4.48. The lowest BCUT2D eigenvalue weighted by atomic mass is 9.81. The van der Waals surface area contributed by atoms with Crippen molar-refractivity contribution in [2.45, 2.75) is 86.5 Å². The highest BCUT2D eigenvalue weighted by Crippen LogP contribution is 2.42. The number of hydrogen-bond acceptors (Lipinski definition) is 14. The van der Waals surface area contributed by atoms with Gasteiger partial charge in [0.1, 0.15) is 6.10 Å². The van der Waals surface area contributed by atoms with Gasteiger partial charge in [-0.3, -0.25) is 0 Å². The van der Waals surface area contributed by atoms with Gasteiger partial charge in [0.2, 0.25) is 0 Å². The Kier molecular flexibility index (Phi) is 8.49. The Bertz CT molecular complexity index is 493. The lowest BCUT2D eigenvalue weighted by Crippen LogP contribution is -2.85. The largest absolute Gasteiger partial charge is 0.387 e. The topological polar surface area (TPSA) is 283 Å². The van der Waals surface area contributed by atoms with Gasteiger partial charge in [0.15, 0.2) is 0 Å². The maximum atomic E-state index is 9.79. The van der Waals surface area contributed by atoms with Crippen LogP contribution in [0.2, 0.25) is 0 Å². The van der Waals surface area contributed by atoms with Crippen LogP contribution in [0.4, 0.5) is 0 Å². The molecule has 0 heterocycles. The average molecular weight is 422 g/mol. The second-order valence-electron chi connectivity index (χ2n) is 6.77. The lowest BCUT2D eigenvalue weighted by molar-refractivity contribution is -0.582. The fourth-order valence-corrected chi connectivity index (χ4v) is 2.35. The smallest absolute Gasteiger partial charge is 0.338 e. The molecule has 0 aliphatic heterocycles. The van der Waals surface area contributed by atoms with E-state index >= 15 is 0 Å². The fourth-order valence-electron chi connectivity index (χ4n) is 2.35. The van der Waals surface area contributed by atoms with Gasteiger partial charge in [-0.25, -0.2) is 0 Å². The first-order chi connectivity index (χ1) is 12.2. The maximum absolute atomic E-state index is 9.79. The molecule has 14 nitrogen and oxygen atoms in total. The molecular formula is C14H30O14. The first kappa shape index (κ1) is 27.4. The van der Waals surface area contributed by atoms with Crippen molar-refractivity contribution in [2.24, 2.45) is 0 Å². The number of aliphatic hydroxyl groups excluding tert-OH is 1. The van der Waals surface area contributed by atoms with Crippen LogP contribution < -0.4 is 0 Å². The number of aliphatic hydroxyl groups is 14. The number of hydrogen-bond donors (Lipinski definition) is 14. The molecular weight excluding hydrogens is 392 g/mol. The van der Waals surface area contributed by atoms with Gasteiger partial charge in [0, 0.05) is 0 Å². The first-order valence-electron chi connectivity index (χ1n) is 8.32. The molecule has 0 saturated carbocycles. The lowest BCUT2D eigenvalue weighted by Gasteiger charge is -2.52. The molecule has 28 heavy (non-hydrogen) atoms. The van der Waals surface area contributed by atoms with Crippen molar-refractivity contribution >= 4 is 0 Å². The summed E-state index contributed by atoms with van der Waals surface area (Å²) in [5.74, 6) is -29.8. The molecule has 1 unspecified atom stereocenters. The van der Waals surface area contributed by atoms with E-state index in [-0.39, 0.29) is 6.42 Å². The minimum atomic E-state index is -5.26. The van der Waals surface area contributed by atoms with Gasteiger partial charge in [-0.1, -0.05) is 39.0 Å². The highest BCUT2D eigenvalue weighted by atomic mass is 16.8. The summed E-state index contributed by atoms with van der Waals surface area (Å²) >= 11 is 0. The van der Waals surface area contributed by atoms with Crippen LogP contribution in [0.15, 0.2) is 0 Å². The summed E-state index contributed by atoms with van der Waals surface area (Å²) in [7, 11) is 0. The summed E-state index contributed by atoms with van der Waals surface area (Å²) in [5, 5.41) is 132. The van der Waals surface area contributed by atoms with Crippen LogP contribution in [0.1, 0.15) is 45.4 Å². The normalized spacial score (nSPS) is 16.4. The Labute approximate surface area is 159 Å². The number of unbranched alkanes of at least 4 members (excludes halogenated alkanes) is 4. The summed E-state index contributed by atoms with van der Waals surface area (Å²) < 4.78 is 0. The van der Waals surface area contributed by atoms with Crippen molar-refractivity contribution in [2.75, 3.05) is 0 Å². The van der Waals surface area contributed by atoms with Gasteiger partial charge in [-0.2, -0.15) is 0 Å². The van der Waals surface area contributed by atoms with Gasteiger partial charge < -0.3 is 71.5 Å². The quantitative estimate of drug-likeness (QED) is 0.103. The molecule has 0 bridgehead atoms. The molecule has 170 valence electrons. The summed E-state index contributed by atoms with van der Waals surface area (Å²) in [6.45, 7) is 1.91. The SMILES string of the molecule is CCCCCCCC(O)C(O)(O)C(O)(O)C(O)(O)C(O)(O)C(O)(O)C(O)(O)O. The van der Waals surface area contributed by atoms with Crippen molar-refractivity contribution in [3.8, 4) is 0 Å². The molecule has 0 rings (SSSR count). The highest BCUT2D eigenvalue weighted by Gasteiger charge is 2.80. The molecule has 0 amide bonds. The van der Waals surface area contributed by atoms with Crippen LogP contribution in [0.3, 0.4) is 0 Å². The third-order valence-electron chi connectivity index (χ3n) is 4.48. The molecule has 0 fully saturated rings. The molecule has 0 aromatic heterocycles. The second-order valence-corrected chi connectivity index (χ2v) is 6.77. The van der Waals surface area contributed by atoms with E-state index < -0.39 is 47.4 Å². The van der Waals surface area contributed by atoms with E-state index in [2.05, 4.69) is 0 Å². The van der Waals surface area contributed by atoms with Crippen LogP contribution in [0, 0.1) is 0 Å². The van der Waals surface area contributed by atoms with Crippen molar-refractivity contribution in [3.63, 3.8) is 0 Å². The first-order valence-corrected chi connectivity index (χ1v) is 8.32. The van der Waals surface area contributed by atoms with E-state index in [1.807, 2.05) is 6.92 Å². The molecule has 14 heteroatoms. The predicted molar refractivity (Wildman–Crippen MR) is 84.6 cm³/mol. The zero-order valence-corrected chi connectivity index (χ0v) is 15.1. The Morgan fingerprint density at radius 3 is 1.32 bits per heavy atom. The maximum Gasteiger partial charge on any atom is 0.338 e. The van der Waals surface area contributed by atoms with Crippen molar-refractivity contribution in [3.05, 3.63) is 0 Å². The van der Waals surface area contributed by atoms with Crippen molar-refractivity contribution < 1.29 is 71.5 Å². The van der Waals surface area contributed by atoms with Gasteiger partial charge in [-0.05, 0) is 6.42 Å². The van der Waals surface area contributed by atoms with E-state index in [9.17, 15) is 56.2 Å². The summed E-state index contributed by atoms with van der Waals surface area (Å²) in [4.78, 5) is 0. The molecule has 0 saturated heterocycles. The van der Waals surface area contributed by atoms with Crippen molar-refractivity contribution in [1.29, 1.82) is 0 Å². The van der Waals surface area contributed by atoms with E-state index in [0.29, 0.717) is 12.8 Å². The Morgan fingerprint density at radius 1 is 0.536 bits per heavy atom. The van der Waals surface area contributed by atoms with E-state index in [1.165, 1.54) is 0 Å². The molecule has 1 atom stereocenters. The Hall–Kier alpha value is -0.560. The minimum absolute atomic E-state index is 0.0876. The summed E-state index contributed by atoms with van der Waals surface area (Å²) in [5.41, 5.74) is 0. The molecule has 0 aromatic carbocycles. The predicted octanol–water partition coefficient (Wildman–Crippen LogP) is -6.26. The summed E-state index contributed by atoms with van der Waals surface area (Å²) in [6.07, 6.45) is -0.208. The zero-order chi connectivity index (χ0) is 22.8. The van der Waals surface area contributed by atoms with Gasteiger partial charge in [0.25, 0.3) is 23.1 Å².